The van der Waals surface area contributed by atoms with Crippen molar-refractivity contribution >= 4 is 6.03 Å². The number of carbonyl (C=O) groups is 1. The summed E-state index contributed by atoms with van der Waals surface area (Å²) in [4.78, 5) is 14.2. The van der Waals surface area contributed by atoms with Crippen molar-refractivity contribution in [1.82, 2.24) is 15.5 Å². The zero-order valence-electron chi connectivity index (χ0n) is 12.5. The van der Waals surface area contributed by atoms with E-state index >= 15 is 0 Å². The molecule has 0 aromatic rings. The van der Waals surface area contributed by atoms with E-state index in [2.05, 4.69) is 29.4 Å². The van der Waals surface area contributed by atoms with Crippen LogP contribution in [0.5, 0.6) is 0 Å². The third kappa shape index (κ3) is 5.37. The molecular weight excluding hydrogens is 242 g/mol. The monoisotopic (exact) mass is 271 g/mol. The van der Waals surface area contributed by atoms with E-state index in [9.17, 15) is 4.79 Å². The number of hydrogen-bond acceptors (Lipinski definition) is 3. The Bertz CT molecular complexity index is 272. The van der Waals surface area contributed by atoms with Gasteiger partial charge in [-0.15, -0.1) is 0 Å². The molecule has 1 saturated heterocycles. The molecule has 112 valence electrons. The van der Waals surface area contributed by atoms with Gasteiger partial charge >= 0.3 is 6.03 Å². The van der Waals surface area contributed by atoms with Gasteiger partial charge in [0, 0.05) is 12.1 Å². The minimum absolute atomic E-state index is 0.0144. The molecule has 1 rings (SSSR count). The van der Waals surface area contributed by atoms with Crippen LogP contribution < -0.4 is 10.6 Å². The van der Waals surface area contributed by atoms with Gasteiger partial charge < -0.3 is 15.7 Å². The van der Waals surface area contributed by atoms with Gasteiger partial charge in [0.05, 0.1) is 12.6 Å². The quantitative estimate of drug-likeness (QED) is 0.683. The molecule has 0 saturated carbocycles. The van der Waals surface area contributed by atoms with Crippen molar-refractivity contribution in [2.75, 3.05) is 26.2 Å². The molecule has 1 atom stereocenters. The summed E-state index contributed by atoms with van der Waals surface area (Å²) in [6.07, 6.45) is 4.55. The van der Waals surface area contributed by atoms with E-state index < -0.39 is 0 Å². The predicted molar refractivity (Wildman–Crippen MR) is 77.2 cm³/mol. The van der Waals surface area contributed by atoms with Crippen molar-refractivity contribution in [3.8, 4) is 0 Å². The van der Waals surface area contributed by atoms with Gasteiger partial charge in [-0.3, -0.25) is 4.90 Å². The molecule has 0 radical (unpaired) electrons. The maximum Gasteiger partial charge on any atom is 0.315 e. The van der Waals surface area contributed by atoms with Crippen molar-refractivity contribution in [3.63, 3.8) is 0 Å². The summed E-state index contributed by atoms with van der Waals surface area (Å²) < 4.78 is 0. The second kappa shape index (κ2) is 7.70. The first-order chi connectivity index (χ1) is 8.99. The van der Waals surface area contributed by atoms with Crippen LogP contribution in [0.15, 0.2) is 0 Å². The summed E-state index contributed by atoms with van der Waals surface area (Å²) in [5.41, 5.74) is -0.0152. The smallest absolute Gasteiger partial charge is 0.315 e. The van der Waals surface area contributed by atoms with Gasteiger partial charge in [0.25, 0.3) is 0 Å². The van der Waals surface area contributed by atoms with E-state index in [1.54, 1.807) is 0 Å². The van der Waals surface area contributed by atoms with Crippen LogP contribution in [0.2, 0.25) is 0 Å². The van der Waals surface area contributed by atoms with Gasteiger partial charge in [0.15, 0.2) is 0 Å². The third-order valence-corrected chi connectivity index (χ3v) is 3.94. The number of carbonyl (C=O) groups excluding carboxylic acids is 1. The Kier molecular flexibility index (Phi) is 6.58. The van der Waals surface area contributed by atoms with Crippen LogP contribution in [-0.2, 0) is 0 Å². The number of urea groups is 1. The summed E-state index contributed by atoms with van der Waals surface area (Å²) in [7, 11) is 0. The predicted octanol–water partition coefficient (Wildman–Crippen LogP) is 1.32. The average molecular weight is 271 g/mol. The SMILES string of the molecule is CCC(CO)NC(=O)NCC(C)(C)N1CCCCC1. The number of amides is 2. The van der Waals surface area contributed by atoms with E-state index in [0.717, 1.165) is 19.5 Å². The Morgan fingerprint density at radius 2 is 1.95 bits per heavy atom. The zero-order chi connectivity index (χ0) is 14.3. The lowest BCUT2D eigenvalue weighted by atomic mass is 9.98. The molecule has 1 aliphatic rings. The average Bonchev–Trinajstić information content (AvgIpc) is 2.43. The summed E-state index contributed by atoms with van der Waals surface area (Å²) >= 11 is 0. The van der Waals surface area contributed by atoms with Crippen molar-refractivity contribution in [3.05, 3.63) is 0 Å². The largest absolute Gasteiger partial charge is 0.394 e. The van der Waals surface area contributed by atoms with Gasteiger partial charge in [-0.2, -0.15) is 0 Å². The maximum absolute atomic E-state index is 11.7. The molecule has 0 bridgehead atoms. The first-order valence-corrected chi connectivity index (χ1v) is 7.40. The van der Waals surface area contributed by atoms with Gasteiger partial charge in [-0.1, -0.05) is 13.3 Å². The van der Waals surface area contributed by atoms with Gasteiger partial charge in [0.1, 0.15) is 0 Å². The molecule has 1 unspecified atom stereocenters. The van der Waals surface area contributed by atoms with Crippen molar-refractivity contribution in [2.45, 2.75) is 58.0 Å². The number of piperidine rings is 1. The zero-order valence-corrected chi connectivity index (χ0v) is 12.5. The van der Waals surface area contributed by atoms with Crippen LogP contribution in [-0.4, -0.2) is 53.9 Å². The summed E-state index contributed by atoms with van der Waals surface area (Å²) in [5, 5.41) is 14.7. The molecule has 0 spiro atoms. The number of aliphatic hydroxyl groups is 1. The van der Waals surface area contributed by atoms with Crippen LogP contribution in [0.3, 0.4) is 0 Å². The van der Waals surface area contributed by atoms with Gasteiger partial charge in [0.2, 0.25) is 0 Å². The standard InChI is InChI=1S/C14H29N3O2/c1-4-12(10-18)16-13(19)15-11-14(2,3)17-8-6-5-7-9-17/h12,18H,4-11H2,1-3H3,(H2,15,16,19). The molecule has 0 aromatic heterocycles. The van der Waals surface area contributed by atoms with Crippen LogP contribution in [0, 0.1) is 0 Å². The topological polar surface area (TPSA) is 64.6 Å². The highest BCUT2D eigenvalue weighted by atomic mass is 16.3. The van der Waals surface area contributed by atoms with E-state index in [1.165, 1.54) is 19.3 Å². The second-order valence-corrected chi connectivity index (χ2v) is 5.97. The normalized spacial score (nSPS) is 18.9. The molecule has 5 heteroatoms. The third-order valence-electron chi connectivity index (χ3n) is 3.94. The van der Waals surface area contributed by atoms with Crippen LogP contribution >= 0.6 is 0 Å². The lowest BCUT2D eigenvalue weighted by molar-refractivity contribution is 0.0957. The van der Waals surface area contributed by atoms with Crippen LogP contribution in [0.25, 0.3) is 0 Å². The lowest BCUT2D eigenvalue weighted by Gasteiger charge is -2.41. The highest BCUT2D eigenvalue weighted by molar-refractivity contribution is 5.74. The number of nitrogens with one attached hydrogen (secondary N) is 2. The minimum atomic E-state index is -0.189. The van der Waals surface area contributed by atoms with Crippen molar-refractivity contribution in [1.29, 1.82) is 0 Å². The van der Waals surface area contributed by atoms with Gasteiger partial charge in [-0.25, -0.2) is 4.79 Å². The fraction of sp³-hybridized carbons (Fsp3) is 0.929. The number of nitrogens with zero attached hydrogens (tertiary/aromatic N) is 1. The van der Waals surface area contributed by atoms with Crippen LogP contribution in [0.4, 0.5) is 4.79 Å². The Morgan fingerprint density at radius 3 is 2.47 bits per heavy atom. The highest BCUT2D eigenvalue weighted by Crippen LogP contribution is 2.19. The number of likely N-dealkylation sites (tertiary alicyclic amines) is 1. The molecule has 0 aromatic carbocycles. The second-order valence-electron chi connectivity index (χ2n) is 5.97. The first-order valence-electron chi connectivity index (χ1n) is 7.40. The fourth-order valence-electron chi connectivity index (χ4n) is 2.42. The number of aliphatic hydroxyl groups excluding tert-OH is 1. The lowest BCUT2D eigenvalue weighted by Crippen LogP contribution is -2.55. The molecule has 1 heterocycles. The Hall–Kier alpha value is -0.810. The Balaban J connectivity index is 2.35. The fourth-order valence-corrected chi connectivity index (χ4v) is 2.42. The molecule has 19 heavy (non-hydrogen) atoms. The van der Waals surface area contributed by atoms with Crippen LogP contribution in [0.1, 0.15) is 46.5 Å². The molecule has 5 nitrogen and oxygen atoms in total. The van der Waals surface area contributed by atoms with E-state index in [4.69, 9.17) is 5.11 Å². The van der Waals surface area contributed by atoms with E-state index in [0.29, 0.717) is 6.54 Å². The summed E-state index contributed by atoms with van der Waals surface area (Å²) in [6, 6.07) is -0.343. The Morgan fingerprint density at radius 1 is 1.32 bits per heavy atom. The molecule has 2 amide bonds. The highest BCUT2D eigenvalue weighted by Gasteiger charge is 2.28. The number of rotatable bonds is 6. The molecule has 3 N–H and O–H groups in total. The first kappa shape index (κ1) is 16.2. The Labute approximate surface area is 116 Å². The summed E-state index contributed by atoms with van der Waals surface area (Å²) in [5.74, 6) is 0. The van der Waals surface area contributed by atoms with Crippen molar-refractivity contribution in [2.24, 2.45) is 0 Å². The van der Waals surface area contributed by atoms with E-state index in [1.807, 2.05) is 6.92 Å². The molecular formula is C14H29N3O2. The molecule has 0 aliphatic carbocycles. The summed E-state index contributed by atoms with van der Waals surface area (Å²) in [6.45, 7) is 9.12. The number of hydrogen-bond donors (Lipinski definition) is 3. The van der Waals surface area contributed by atoms with Crippen molar-refractivity contribution < 1.29 is 9.90 Å². The molecule has 1 aliphatic heterocycles. The molecule has 1 fully saturated rings. The van der Waals surface area contributed by atoms with Gasteiger partial charge in [-0.05, 0) is 46.2 Å². The van der Waals surface area contributed by atoms with E-state index in [-0.39, 0.29) is 24.2 Å². The minimum Gasteiger partial charge on any atom is -0.394 e. The maximum atomic E-state index is 11.7.